The van der Waals surface area contributed by atoms with E-state index in [1.54, 1.807) is 12.2 Å². The molecule has 1 aliphatic rings. The average molecular weight is 564 g/mol. The first-order valence-corrected chi connectivity index (χ1v) is 16.7. The molecule has 1 aromatic rings. The molecule has 0 saturated carbocycles. The Morgan fingerprint density at radius 2 is 1.39 bits per heavy atom. The van der Waals surface area contributed by atoms with Crippen molar-refractivity contribution >= 4 is 17.4 Å². The number of hydrogen-bond acceptors (Lipinski definition) is 3. The van der Waals surface area contributed by atoms with Gasteiger partial charge < -0.3 is 10.1 Å². The van der Waals surface area contributed by atoms with Crippen molar-refractivity contribution in [2.75, 3.05) is 6.54 Å². The number of fused-ring (bicyclic) bond motifs is 1. The molecule has 4 heteroatoms. The molecular weight excluding hydrogens is 506 g/mol. The third-order valence-electron chi connectivity index (χ3n) is 7.97. The Bertz CT molecular complexity index is 959. The molecule has 0 atom stereocenters. The van der Waals surface area contributed by atoms with Crippen LogP contribution >= 0.6 is 0 Å². The minimum Gasteiger partial charge on any atom is -0.423 e. The monoisotopic (exact) mass is 563 g/mol. The van der Waals surface area contributed by atoms with E-state index in [-0.39, 0.29) is 11.9 Å². The maximum Gasteiger partial charge on any atom is 0.336 e. The summed E-state index contributed by atoms with van der Waals surface area (Å²) in [5, 5.41) is 3.09. The third kappa shape index (κ3) is 16.4. The van der Waals surface area contributed by atoms with E-state index in [2.05, 4.69) is 18.3 Å². The van der Waals surface area contributed by atoms with Crippen LogP contribution in [0.4, 0.5) is 0 Å². The van der Waals surface area contributed by atoms with E-state index in [0.29, 0.717) is 18.7 Å². The Hall–Kier alpha value is -2.62. The number of unbranched alkanes of at least 4 members (excludes halogenated alkanes) is 16. The molecule has 0 spiro atoms. The SMILES string of the molecule is C/C=C/C=C/C(=O)Oc1ccc2c(c1)C(CCNC(=O)CCCCCCCCCCCCCCCCCCC)=CC2. The van der Waals surface area contributed by atoms with Gasteiger partial charge in [-0.25, -0.2) is 4.79 Å². The van der Waals surface area contributed by atoms with Gasteiger partial charge in [0.2, 0.25) is 5.91 Å². The van der Waals surface area contributed by atoms with Crippen LogP contribution in [-0.4, -0.2) is 18.4 Å². The Labute approximate surface area is 251 Å². The van der Waals surface area contributed by atoms with Gasteiger partial charge in [-0.2, -0.15) is 0 Å². The molecule has 0 unspecified atom stereocenters. The Morgan fingerprint density at radius 3 is 1.98 bits per heavy atom. The molecule has 41 heavy (non-hydrogen) atoms. The number of esters is 1. The van der Waals surface area contributed by atoms with Crippen molar-refractivity contribution in [3.8, 4) is 5.75 Å². The number of carbonyl (C=O) groups is 2. The number of allylic oxidation sites excluding steroid dienone is 4. The van der Waals surface area contributed by atoms with Crippen LogP contribution in [0.1, 0.15) is 147 Å². The number of rotatable bonds is 24. The van der Waals surface area contributed by atoms with Crippen LogP contribution < -0.4 is 10.1 Å². The average Bonchev–Trinajstić information content (AvgIpc) is 3.37. The minimum atomic E-state index is -0.386. The lowest BCUT2D eigenvalue weighted by Crippen LogP contribution is -2.24. The van der Waals surface area contributed by atoms with E-state index >= 15 is 0 Å². The highest BCUT2D eigenvalue weighted by Crippen LogP contribution is 2.32. The third-order valence-corrected chi connectivity index (χ3v) is 7.97. The van der Waals surface area contributed by atoms with E-state index in [4.69, 9.17) is 4.74 Å². The van der Waals surface area contributed by atoms with Gasteiger partial charge in [0, 0.05) is 19.0 Å². The Morgan fingerprint density at radius 1 is 0.805 bits per heavy atom. The number of nitrogens with one attached hydrogen (secondary N) is 1. The smallest absolute Gasteiger partial charge is 0.336 e. The van der Waals surface area contributed by atoms with E-state index in [9.17, 15) is 9.59 Å². The lowest BCUT2D eigenvalue weighted by molar-refractivity contribution is -0.129. The minimum absolute atomic E-state index is 0.153. The highest BCUT2D eigenvalue weighted by Gasteiger charge is 2.16. The zero-order chi connectivity index (χ0) is 29.4. The predicted octanol–water partition coefficient (Wildman–Crippen LogP) is 10.2. The summed E-state index contributed by atoms with van der Waals surface area (Å²) in [7, 11) is 0. The summed E-state index contributed by atoms with van der Waals surface area (Å²) in [5.41, 5.74) is 3.56. The zero-order valence-electron chi connectivity index (χ0n) is 26.2. The second-order valence-electron chi connectivity index (χ2n) is 11.6. The zero-order valence-corrected chi connectivity index (χ0v) is 26.2. The summed E-state index contributed by atoms with van der Waals surface area (Å²) in [6.07, 6.45) is 34.2. The van der Waals surface area contributed by atoms with E-state index < -0.39 is 0 Å². The first-order chi connectivity index (χ1) is 20.1. The van der Waals surface area contributed by atoms with E-state index in [1.807, 2.05) is 31.2 Å². The lowest BCUT2D eigenvalue weighted by atomic mass is 10.0. The highest BCUT2D eigenvalue weighted by atomic mass is 16.5. The van der Waals surface area contributed by atoms with E-state index in [1.165, 1.54) is 114 Å². The lowest BCUT2D eigenvalue weighted by Gasteiger charge is -2.10. The van der Waals surface area contributed by atoms with Gasteiger partial charge in [-0.1, -0.05) is 140 Å². The van der Waals surface area contributed by atoms with Crippen molar-refractivity contribution in [3.05, 3.63) is 59.7 Å². The number of benzene rings is 1. The summed E-state index contributed by atoms with van der Waals surface area (Å²) < 4.78 is 5.45. The van der Waals surface area contributed by atoms with Gasteiger partial charge in [0.05, 0.1) is 0 Å². The largest absolute Gasteiger partial charge is 0.423 e. The van der Waals surface area contributed by atoms with Crippen LogP contribution in [0.3, 0.4) is 0 Å². The maximum absolute atomic E-state index is 12.3. The maximum atomic E-state index is 12.3. The molecule has 1 aliphatic carbocycles. The predicted molar refractivity (Wildman–Crippen MR) is 174 cm³/mol. The van der Waals surface area contributed by atoms with Gasteiger partial charge in [0.25, 0.3) is 0 Å². The standard InChI is InChI=1S/C37H57NO3/c1-3-5-7-8-9-10-11-12-13-14-15-16-17-18-19-20-22-23-36(39)38-30-29-33-26-25-32-27-28-34(31-35(32)33)41-37(40)24-21-6-4-2/h4,6,21,24,26-28,31H,3,5,7-20,22-23,25,29-30H2,1-2H3,(H,38,39)/b6-4+,24-21+. The first kappa shape index (κ1) is 34.6. The van der Waals surface area contributed by atoms with Crippen LogP contribution in [0.5, 0.6) is 5.75 Å². The van der Waals surface area contributed by atoms with Crippen molar-refractivity contribution in [3.63, 3.8) is 0 Å². The van der Waals surface area contributed by atoms with Crippen molar-refractivity contribution in [2.24, 2.45) is 0 Å². The summed E-state index contributed by atoms with van der Waals surface area (Å²) in [5.74, 6) is 0.318. The van der Waals surface area contributed by atoms with Crippen LogP contribution in [0, 0.1) is 0 Å². The molecule has 0 aliphatic heterocycles. The fourth-order valence-corrected chi connectivity index (χ4v) is 5.51. The van der Waals surface area contributed by atoms with Gasteiger partial charge >= 0.3 is 5.97 Å². The molecule has 4 nitrogen and oxygen atoms in total. The quantitative estimate of drug-likeness (QED) is 0.0447. The van der Waals surface area contributed by atoms with Gasteiger partial charge in [0.15, 0.2) is 0 Å². The molecule has 228 valence electrons. The summed E-state index contributed by atoms with van der Waals surface area (Å²) in [6.45, 7) is 4.82. The summed E-state index contributed by atoms with van der Waals surface area (Å²) in [6, 6.07) is 5.81. The van der Waals surface area contributed by atoms with Crippen LogP contribution in [0.15, 0.2) is 48.6 Å². The molecule has 0 fully saturated rings. The molecule has 0 aromatic heterocycles. The van der Waals surface area contributed by atoms with Crippen molar-refractivity contribution < 1.29 is 14.3 Å². The molecule has 0 heterocycles. The first-order valence-electron chi connectivity index (χ1n) is 16.7. The number of hydrogen-bond donors (Lipinski definition) is 1. The molecule has 0 radical (unpaired) electrons. The van der Waals surface area contributed by atoms with Gasteiger partial charge in [-0.05, 0) is 55.0 Å². The van der Waals surface area contributed by atoms with Crippen molar-refractivity contribution in [1.82, 2.24) is 5.32 Å². The van der Waals surface area contributed by atoms with Gasteiger partial charge in [-0.3, -0.25) is 4.79 Å². The summed E-state index contributed by atoms with van der Waals surface area (Å²) in [4.78, 5) is 24.3. The van der Waals surface area contributed by atoms with Gasteiger partial charge in [0.1, 0.15) is 5.75 Å². The van der Waals surface area contributed by atoms with Crippen molar-refractivity contribution in [2.45, 2.75) is 142 Å². The molecule has 0 bridgehead atoms. The van der Waals surface area contributed by atoms with Crippen LogP contribution in [0.25, 0.3) is 5.57 Å². The van der Waals surface area contributed by atoms with Crippen LogP contribution in [0.2, 0.25) is 0 Å². The number of amides is 1. The Balaban J connectivity index is 1.44. The second-order valence-corrected chi connectivity index (χ2v) is 11.6. The fraction of sp³-hybridized carbons (Fsp3) is 0.622. The molecule has 0 saturated heterocycles. The summed E-state index contributed by atoms with van der Waals surface area (Å²) >= 11 is 0. The molecule has 1 N–H and O–H groups in total. The van der Waals surface area contributed by atoms with Gasteiger partial charge in [-0.15, -0.1) is 0 Å². The second kappa shape index (κ2) is 23.0. The van der Waals surface area contributed by atoms with Crippen molar-refractivity contribution in [1.29, 1.82) is 0 Å². The highest BCUT2D eigenvalue weighted by molar-refractivity contribution is 5.85. The van der Waals surface area contributed by atoms with Crippen LogP contribution in [-0.2, 0) is 16.0 Å². The van der Waals surface area contributed by atoms with E-state index in [0.717, 1.165) is 31.2 Å². The topological polar surface area (TPSA) is 55.4 Å². The fourth-order valence-electron chi connectivity index (χ4n) is 5.51. The molecule has 2 rings (SSSR count). The number of carbonyl (C=O) groups excluding carboxylic acids is 2. The molecular formula is C37H57NO3. The number of ether oxygens (including phenoxy) is 1. The molecule has 1 amide bonds. The Kier molecular flexibility index (Phi) is 19.4. The molecule has 1 aromatic carbocycles. The normalized spacial score (nSPS) is 12.7.